The normalized spacial score (nSPS) is 12.8. The zero-order chi connectivity index (χ0) is 19.8. The molecule has 6 heteroatoms. The van der Waals surface area contributed by atoms with Crippen molar-refractivity contribution in [2.75, 3.05) is 16.0 Å². The summed E-state index contributed by atoms with van der Waals surface area (Å²) in [5, 5.41) is 2.74. The van der Waals surface area contributed by atoms with Crippen molar-refractivity contribution in [1.29, 1.82) is 0 Å². The molecular weight excluding hydrogens is 354 g/mol. The van der Waals surface area contributed by atoms with Gasteiger partial charge in [0, 0.05) is 16.9 Å². The molecule has 0 spiro atoms. The van der Waals surface area contributed by atoms with Crippen LogP contribution in [-0.4, -0.2) is 17.7 Å². The number of anilines is 3. The Morgan fingerprint density at radius 1 is 0.893 bits per heavy atom. The molecule has 4 rings (SSSR count). The van der Waals surface area contributed by atoms with Gasteiger partial charge >= 0.3 is 0 Å². The van der Waals surface area contributed by atoms with Crippen molar-refractivity contribution in [3.05, 3.63) is 89.0 Å². The molecule has 0 aliphatic carbocycles. The Morgan fingerprint density at radius 3 is 2.32 bits per heavy atom. The number of fused-ring (bicyclic) bond motifs is 1. The number of benzene rings is 3. The van der Waals surface area contributed by atoms with Crippen molar-refractivity contribution in [1.82, 2.24) is 0 Å². The molecule has 0 unspecified atom stereocenters. The van der Waals surface area contributed by atoms with Gasteiger partial charge in [0.1, 0.15) is 0 Å². The van der Waals surface area contributed by atoms with Crippen molar-refractivity contribution in [2.45, 2.75) is 6.92 Å². The molecule has 3 amide bonds. The van der Waals surface area contributed by atoms with Crippen LogP contribution < -0.4 is 16.0 Å². The first-order valence-electron chi connectivity index (χ1n) is 8.70. The number of carbonyl (C=O) groups is 3. The Labute approximate surface area is 161 Å². The molecule has 3 aromatic rings. The average molecular weight is 371 g/mol. The monoisotopic (exact) mass is 371 g/mol. The summed E-state index contributed by atoms with van der Waals surface area (Å²) in [6.45, 7) is 1.93. The van der Waals surface area contributed by atoms with Gasteiger partial charge in [-0.25, -0.2) is 4.90 Å². The highest BCUT2D eigenvalue weighted by Gasteiger charge is 2.36. The van der Waals surface area contributed by atoms with Crippen LogP contribution in [0.1, 0.15) is 36.6 Å². The number of aryl methyl sites for hydroxylation is 1. The van der Waals surface area contributed by atoms with Crippen LogP contribution in [0.2, 0.25) is 0 Å². The Bertz CT molecular complexity index is 1120. The van der Waals surface area contributed by atoms with E-state index in [9.17, 15) is 14.4 Å². The van der Waals surface area contributed by atoms with Crippen molar-refractivity contribution >= 4 is 34.8 Å². The second-order valence-electron chi connectivity index (χ2n) is 6.62. The highest BCUT2D eigenvalue weighted by molar-refractivity contribution is 6.34. The van der Waals surface area contributed by atoms with Crippen LogP contribution in [-0.2, 0) is 0 Å². The van der Waals surface area contributed by atoms with Gasteiger partial charge in [0.2, 0.25) is 0 Å². The van der Waals surface area contributed by atoms with E-state index in [4.69, 9.17) is 5.73 Å². The van der Waals surface area contributed by atoms with E-state index in [-0.39, 0.29) is 17.4 Å². The molecule has 0 bridgehead atoms. The second-order valence-corrected chi connectivity index (χ2v) is 6.62. The van der Waals surface area contributed by atoms with Crippen molar-refractivity contribution < 1.29 is 14.4 Å². The maximum atomic E-state index is 12.8. The number of hydrogen-bond donors (Lipinski definition) is 2. The molecule has 0 aromatic heterocycles. The summed E-state index contributed by atoms with van der Waals surface area (Å²) in [5.41, 5.74) is 9.15. The number of nitrogens with one attached hydrogen (secondary N) is 1. The average Bonchev–Trinajstić information content (AvgIpc) is 2.93. The Kier molecular flexibility index (Phi) is 4.16. The first-order valence-corrected chi connectivity index (χ1v) is 8.70. The van der Waals surface area contributed by atoms with Gasteiger partial charge in [0.05, 0.1) is 16.8 Å². The van der Waals surface area contributed by atoms with E-state index >= 15 is 0 Å². The van der Waals surface area contributed by atoms with Gasteiger partial charge in [-0.15, -0.1) is 0 Å². The molecule has 0 radical (unpaired) electrons. The number of nitrogens with two attached hydrogens (primary N) is 1. The third-order valence-corrected chi connectivity index (χ3v) is 4.59. The van der Waals surface area contributed by atoms with Gasteiger partial charge in [0.25, 0.3) is 17.7 Å². The van der Waals surface area contributed by atoms with Crippen LogP contribution in [0, 0.1) is 6.92 Å². The van der Waals surface area contributed by atoms with E-state index in [1.54, 1.807) is 48.5 Å². The van der Waals surface area contributed by atoms with Crippen LogP contribution in [0.25, 0.3) is 0 Å². The molecule has 6 nitrogen and oxygen atoms in total. The zero-order valence-corrected chi connectivity index (χ0v) is 15.1. The van der Waals surface area contributed by atoms with Gasteiger partial charge < -0.3 is 11.1 Å². The lowest BCUT2D eigenvalue weighted by Crippen LogP contribution is -2.29. The summed E-state index contributed by atoms with van der Waals surface area (Å²) in [6.07, 6.45) is 0. The number of amides is 3. The van der Waals surface area contributed by atoms with E-state index in [2.05, 4.69) is 5.32 Å². The molecule has 3 aromatic carbocycles. The van der Waals surface area contributed by atoms with Gasteiger partial charge in [0.15, 0.2) is 0 Å². The van der Waals surface area contributed by atoms with Gasteiger partial charge in [-0.3, -0.25) is 14.4 Å². The molecule has 1 heterocycles. The van der Waals surface area contributed by atoms with E-state index < -0.39 is 5.91 Å². The number of nitrogens with zero attached hydrogens (tertiary/aromatic N) is 1. The van der Waals surface area contributed by atoms with Crippen molar-refractivity contribution in [3.63, 3.8) is 0 Å². The number of carbonyl (C=O) groups excluding carboxylic acids is 3. The lowest BCUT2D eigenvalue weighted by atomic mass is 10.1. The molecule has 3 N–H and O–H groups in total. The molecule has 1 aliphatic rings. The van der Waals surface area contributed by atoms with E-state index in [0.717, 1.165) is 10.5 Å². The minimum Gasteiger partial charge on any atom is -0.399 e. The van der Waals surface area contributed by atoms with Crippen LogP contribution in [0.15, 0.2) is 66.7 Å². The quantitative estimate of drug-likeness (QED) is 0.543. The predicted octanol–water partition coefficient (Wildman–Crippen LogP) is 3.63. The van der Waals surface area contributed by atoms with Crippen LogP contribution in [0.3, 0.4) is 0 Å². The molecule has 138 valence electrons. The minimum atomic E-state index is -0.413. The maximum absolute atomic E-state index is 12.8. The topological polar surface area (TPSA) is 92.5 Å². The summed E-state index contributed by atoms with van der Waals surface area (Å²) >= 11 is 0. The van der Waals surface area contributed by atoms with E-state index in [1.807, 2.05) is 19.1 Å². The lowest BCUT2D eigenvalue weighted by Gasteiger charge is -2.13. The predicted molar refractivity (Wildman–Crippen MR) is 108 cm³/mol. The summed E-state index contributed by atoms with van der Waals surface area (Å²) < 4.78 is 0. The molecule has 0 saturated heterocycles. The summed E-state index contributed by atoms with van der Waals surface area (Å²) in [6, 6.07) is 18.4. The zero-order valence-electron chi connectivity index (χ0n) is 15.1. The molecule has 0 saturated carbocycles. The number of hydrogen-bond acceptors (Lipinski definition) is 4. The second kappa shape index (κ2) is 6.66. The molecule has 28 heavy (non-hydrogen) atoms. The number of imide groups is 1. The third-order valence-electron chi connectivity index (χ3n) is 4.59. The smallest absolute Gasteiger partial charge is 0.266 e. The molecule has 1 aliphatic heterocycles. The van der Waals surface area contributed by atoms with E-state index in [0.29, 0.717) is 28.2 Å². The first kappa shape index (κ1) is 17.5. The van der Waals surface area contributed by atoms with Gasteiger partial charge in [-0.1, -0.05) is 23.8 Å². The number of rotatable bonds is 3. The summed E-state index contributed by atoms with van der Waals surface area (Å²) in [5.74, 6) is -1.14. The molecule has 0 atom stereocenters. The SMILES string of the molecule is Cc1ccc(N2C(=O)c3ccc(NC(=O)c4cccc(N)c4)cc3C2=O)cc1. The summed E-state index contributed by atoms with van der Waals surface area (Å²) in [7, 11) is 0. The van der Waals surface area contributed by atoms with Gasteiger partial charge in [-0.05, 0) is 55.5 Å². The largest absolute Gasteiger partial charge is 0.399 e. The summed E-state index contributed by atoms with van der Waals surface area (Å²) in [4.78, 5) is 39.1. The fourth-order valence-corrected chi connectivity index (χ4v) is 3.13. The Balaban J connectivity index is 1.62. The molecular formula is C22H17N3O3. The maximum Gasteiger partial charge on any atom is 0.266 e. The fraction of sp³-hybridized carbons (Fsp3) is 0.0455. The van der Waals surface area contributed by atoms with Crippen molar-refractivity contribution in [3.8, 4) is 0 Å². The number of nitrogen functional groups attached to an aromatic ring is 1. The van der Waals surface area contributed by atoms with Crippen LogP contribution >= 0.6 is 0 Å². The van der Waals surface area contributed by atoms with Crippen LogP contribution in [0.5, 0.6) is 0 Å². The third kappa shape index (κ3) is 3.01. The van der Waals surface area contributed by atoms with E-state index in [1.165, 1.54) is 6.07 Å². The van der Waals surface area contributed by atoms with Gasteiger partial charge in [-0.2, -0.15) is 0 Å². The van der Waals surface area contributed by atoms with Crippen LogP contribution in [0.4, 0.5) is 17.1 Å². The highest BCUT2D eigenvalue weighted by Crippen LogP contribution is 2.30. The lowest BCUT2D eigenvalue weighted by molar-refractivity contribution is 0.0924. The molecule has 0 fully saturated rings. The Hall–Kier alpha value is -3.93. The fourth-order valence-electron chi connectivity index (χ4n) is 3.13. The first-order chi connectivity index (χ1) is 13.4. The highest BCUT2D eigenvalue weighted by atomic mass is 16.2. The van der Waals surface area contributed by atoms with Crippen molar-refractivity contribution in [2.24, 2.45) is 0 Å². The standard InChI is InChI=1S/C22H17N3O3/c1-13-5-8-17(9-6-13)25-21(27)18-10-7-16(12-19(18)22(25)28)24-20(26)14-3-2-4-15(23)11-14/h2-12H,23H2,1H3,(H,24,26). The Morgan fingerprint density at radius 2 is 1.61 bits per heavy atom. The minimum absolute atomic E-state index is 0.260.